The van der Waals surface area contributed by atoms with Crippen LogP contribution in [0.4, 0.5) is 0 Å². The number of likely N-dealkylation sites (tertiary alicyclic amines) is 1. The molecule has 4 rings (SSSR count). The fourth-order valence-electron chi connectivity index (χ4n) is 3.54. The van der Waals surface area contributed by atoms with Gasteiger partial charge in [-0.1, -0.05) is 6.07 Å². The summed E-state index contributed by atoms with van der Waals surface area (Å²) in [5.74, 6) is 1.45. The summed E-state index contributed by atoms with van der Waals surface area (Å²) in [4.78, 5) is 18.8. The van der Waals surface area contributed by atoms with E-state index in [1.807, 2.05) is 54.8 Å². The first kappa shape index (κ1) is 16.7. The quantitative estimate of drug-likeness (QED) is 0.840. The summed E-state index contributed by atoms with van der Waals surface area (Å²) in [7, 11) is 0. The SMILES string of the molecule is Cc1cccc(COC2CSC3(C2)CN(C(=O)c2occc2C)C3)n1. The zero-order valence-corrected chi connectivity index (χ0v) is 15.3. The number of ether oxygens (including phenoxy) is 1. The largest absolute Gasteiger partial charge is 0.459 e. The van der Waals surface area contributed by atoms with Gasteiger partial charge in [0.15, 0.2) is 5.76 Å². The lowest BCUT2D eigenvalue weighted by Crippen LogP contribution is -2.60. The lowest BCUT2D eigenvalue weighted by Gasteiger charge is -2.47. The maximum atomic E-state index is 12.5. The molecule has 2 aliphatic heterocycles. The monoisotopic (exact) mass is 358 g/mol. The molecule has 6 heteroatoms. The minimum Gasteiger partial charge on any atom is -0.459 e. The van der Waals surface area contributed by atoms with Crippen molar-refractivity contribution in [1.29, 1.82) is 0 Å². The van der Waals surface area contributed by atoms with Crippen molar-refractivity contribution in [3.63, 3.8) is 0 Å². The summed E-state index contributed by atoms with van der Waals surface area (Å²) in [6.07, 6.45) is 2.80. The van der Waals surface area contributed by atoms with Crippen LogP contribution < -0.4 is 0 Å². The number of nitrogens with zero attached hydrogens (tertiary/aromatic N) is 2. The van der Waals surface area contributed by atoms with Crippen molar-refractivity contribution in [2.75, 3.05) is 18.8 Å². The standard InChI is InChI=1S/C19H22N2O3S/c1-13-6-7-23-17(13)18(22)21-11-19(12-21)8-16(10-25-19)24-9-15-5-3-4-14(2)20-15/h3-7,16H,8-12H2,1-2H3. The fourth-order valence-corrected chi connectivity index (χ4v) is 5.09. The number of furan rings is 1. The molecule has 2 aromatic rings. The van der Waals surface area contributed by atoms with E-state index in [0.29, 0.717) is 12.4 Å². The van der Waals surface area contributed by atoms with Crippen LogP contribution in [0.15, 0.2) is 34.9 Å². The molecule has 0 bridgehead atoms. The van der Waals surface area contributed by atoms with Crippen molar-refractivity contribution >= 4 is 17.7 Å². The molecule has 2 aromatic heterocycles. The molecule has 132 valence electrons. The highest BCUT2D eigenvalue weighted by molar-refractivity contribution is 8.01. The van der Waals surface area contributed by atoms with Crippen LogP contribution in [0.3, 0.4) is 0 Å². The van der Waals surface area contributed by atoms with Crippen LogP contribution in [0.5, 0.6) is 0 Å². The van der Waals surface area contributed by atoms with Gasteiger partial charge in [-0.15, -0.1) is 11.8 Å². The number of rotatable bonds is 4. The Morgan fingerprint density at radius 2 is 2.24 bits per heavy atom. The zero-order valence-electron chi connectivity index (χ0n) is 14.5. The number of carbonyl (C=O) groups is 1. The second-order valence-electron chi connectivity index (χ2n) is 7.00. The number of pyridine rings is 1. The van der Waals surface area contributed by atoms with Crippen molar-refractivity contribution in [3.05, 3.63) is 53.2 Å². The summed E-state index contributed by atoms with van der Waals surface area (Å²) in [6, 6.07) is 7.83. The van der Waals surface area contributed by atoms with Crippen LogP contribution in [-0.2, 0) is 11.3 Å². The number of aromatic nitrogens is 1. The Labute approximate surface area is 151 Å². The van der Waals surface area contributed by atoms with Gasteiger partial charge in [0.1, 0.15) is 0 Å². The molecule has 25 heavy (non-hydrogen) atoms. The fraction of sp³-hybridized carbons (Fsp3) is 0.474. The maximum absolute atomic E-state index is 12.5. The zero-order chi connectivity index (χ0) is 17.4. The Morgan fingerprint density at radius 1 is 1.40 bits per heavy atom. The smallest absolute Gasteiger partial charge is 0.289 e. The molecule has 0 radical (unpaired) electrons. The van der Waals surface area contributed by atoms with E-state index < -0.39 is 0 Å². The van der Waals surface area contributed by atoms with E-state index in [1.165, 1.54) is 0 Å². The van der Waals surface area contributed by atoms with Gasteiger partial charge >= 0.3 is 0 Å². The number of aryl methyl sites for hydroxylation is 2. The number of amides is 1. The van der Waals surface area contributed by atoms with Gasteiger partial charge in [-0.3, -0.25) is 9.78 Å². The lowest BCUT2D eigenvalue weighted by molar-refractivity contribution is 0.0233. The first-order valence-electron chi connectivity index (χ1n) is 8.56. The van der Waals surface area contributed by atoms with Crippen LogP contribution >= 0.6 is 11.8 Å². The lowest BCUT2D eigenvalue weighted by atomic mass is 9.92. The molecule has 5 nitrogen and oxygen atoms in total. The summed E-state index contributed by atoms with van der Waals surface area (Å²) in [5.41, 5.74) is 2.89. The Balaban J connectivity index is 1.29. The highest BCUT2D eigenvalue weighted by Crippen LogP contribution is 2.46. The predicted molar refractivity (Wildman–Crippen MR) is 96.7 cm³/mol. The normalized spacial score (nSPS) is 21.5. The van der Waals surface area contributed by atoms with E-state index in [9.17, 15) is 4.79 Å². The van der Waals surface area contributed by atoms with Crippen molar-refractivity contribution < 1.29 is 13.9 Å². The number of hydrogen-bond donors (Lipinski definition) is 0. The molecular formula is C19H22N2O3S. The molecule has 1 amide bonds. The Bertz CT molecular complexity index is 782. The molecule has 1 unspecified atom stereocenters. The third kappa shape index (κ3) is 3.33. The Morgan fingerprint density at radius 3 is 2.96 bits per heavy atom. The molecule has 1 atom stereocenters. The van der Waals surface area contributed by atoms with Gasteiger partial charge in [0.2, 0.25) is 0 Å². The van der Waals surface area contributed by atoms with Crippen LogP contribution in [0.2, 0.25) is 0 Å². The van der Waals surface area contributed by atoms with Crippen molar-refractivity contribution in [1.82, 2.24) is 9.88 Å². The molecule has 2 saturated heterocycles. The first-order chi connectivity index (χ1) is 12.0. The van der Waals surface area contributed by atoms with Crippen molar-refractivity contribution in [2.45, 2.75) is 37.7 Å². The van der Waals surface area contributed by atoms with E-state index in [-0.39, 0.29) is 16.8 Å². The van der Waals surface area contributed by atoms with Gasteiger partial charge in [0.05, 0.1) is 29.4 Å². The molecule has 2 aliphatic rings. The van der Waals surface area contributed by atoms with E-state index in [1.54, 1.807) is 6.26 Å². The van der Waals surface area contributed by atoms with Crippen LogP contribution in [0.25, 0.3) is 0 Å². The van der Waals surface area contributed by atoms with E-state index in [2.05, 4.69) is 4.98 Å². The Hall–Kier alpha value is -1.79. The molecular weight excluding hydrogens is 336 g/mol. The minimum absolute atomic E-state index is 0.00190. The molecule has 0 saturated carbocycles. The van der Waals surface area contributed by atoms with Crippen LogP contribution in [0.1, 0.15) is 33.9 Å². The molecule has 1 spiro atoms. The number of thioether (sulfide) groups is 1. The molecule has 0 N–H and O–H groups in total. The number of hydrogen-bond acceptors (Lipinski definition) is 5. The highest BCUT2D eigenvalue weighted by Gasteiger charge is 2.51. The average molecular weight is 358 g/mol. The van der Waals surface area contributed by atoms with E-state index in [4.69, 9.17) is 9.15 Å². The molecule has 0 aliphatic carbocycles. The number of carbonyl (C=O) groups excluding carboxylic acids is 1. The minimum atomic E-state index is 0.00190. The maximum Gasteiger partial charge on any atom is 0.289 e. The molecule has 0 aromatic carbocycles. The second-order valence-corrected chi connectivity index (χ2v) is 8.48. The summed E-state index contributed by atoms with van der Waals surface area (Å²) < 4.78 is 11.5. The van der Waals surface area contributed by atoms with Gasteiger partial charge in [-0.2, -0.15) is 0 Å². The Kier molecular flexibility index (Phi) is 4.33. The second kappa shape index (κ2) is 6.50. The average Bonchev–Trinajstić information content (AvgIpc) is 3.17. The third-order valence-corrected chi connectivity index (χ3v) is 6.47. The van der Waals surface area contributed by atoms with Gasteiger partial charge in [0, 0.05) is 30.1 Å². The van der Waals surface area contributed by atoms with Gasteiger partial charge in [0.25, 0.3) is 5.91 Å². The van der Waals surface area contributed by atoms with E-state index in [0.717, 1.165) is 42.2 Å². The summed E-state index contributed by atoms with van der Waals surface area (Å²) in [5, 5.41) is 0. The first-order valence-corrected chi connectivity index (χ1v) is 9.55. The van der Waals surface area contributed by atoms with Crippen molar-refractivity contribution in [2.24, 2.45) is 0 Å². The summed E-state index contributed by atoms with van der Waals surface area (Å²) in [6.45, 7) is 6.00. The third-order valence-electron chi connectivity index (χ3n) is 4.89. The predicted octanol–water partition coefficient (Wildman–Crippen LogP) is 3.21. The van der Waals surface area contributed by atoms with Gasteiger partial charge < -0.3 is 14.1 Å². The van der Waals surface area contributed by atoms with Gasteiger partial charge in [-0.05, 0) is 38.5 Å². The highest BCUT2D eigenvalue weighted by atomic mass is 32.2. The summed E-state index contributed by atoms with van der Waals surface area (Å²) >= 11 is 1.93. The molecule has 4 heterocycles. The van der Waals surface area contributed by atoms with Crippen molar-refractivity contribution in [3.8, 4) is 0 Å². The van der Waals surface area contributed by atoms with E-state index >= 15 is 0 Å². The van der Waals surface area contributed by atoms with Gasteiger partial charge in [-0.25, -0.2) is 0 Å². The van der Waals surface area contributed by atoms with Crippen LogP contribution in [-0.4, -0.2) is 45.5 Å². The topological polar surface area (TPSA) is 55.6 Å². The molecule has 2 fully saturated rings. The van der Waals surface area contributed by atoms with Crippen LogP contribution in [0, 0.1) is 13.8 Å².